The summed E-state index contributed by atoms with van der Waals surface area (Å²) in [5, 5.41) is 8.26. The molecule has 21 heavy (non-hydrogen) atoms. The molecule has 1 N–H and O–H groups in total. The first-order valence-electron chi connectivity index (χ1n) is 8.09. The lowest BCUT2D eigenvalue weighted by Crippen LogP contribution is -2.38. The lowest BCUT2D eigenvalue weighted by atomic mass is 9.93. The molecule has 3 rings (SSSR count). The van der Waals surface area contributed by atoms with Gasteiger partial charge in [0.15, 0.2) is 0 Å². The minimum absolute atomic E-state index is 0.200. The van der Waals surface area contributed by atoms with Gasteiger partial charge in [-0.25, -0.2) is 0 Å². The number of ether oxygens (including phenoxy) is 2. The van der Waals surface area contributed by atoms with E-state index in [-0.39, 0.29) is 6.10 Å². The summed E-state index contributed by atoms with van der Waals surface area (Å²) in [5.41, 5.74) is 3.64. The normalized spacial score (nSPS) is 27.4. The Morgan fingerprint density at radius 2 is 1.95 bits per heavy atom. The van der Waals surface area contributed by atoms with Crippen molar-refractivity contribution in [1.29, 1.82) is 0 Å². The molecular weight excluding hydrogens is 266 g/mol. The Bertz CT molecular complexity index is 480. The van der Waals surface area contributed by atoms with E-state index in [1.165, 1.54) is 11.3 Å². The minimum atomic E-state index is 0.200. The summed E-state index contributed by atoms with van der Waals surface area (Å²) in [4.78, 5) is 0. The monoisotopic (exact) mass is 293 g/mol. The first kappa shape index (κ1) is 15.0. The molecule has 0 aliphatic carbocycles. The number of nitrogens with one attached hydrogen (secondary N) is 1. The largest absolute Gasteiger partial charge is 0.381 e. The molecule has 3 heterocycles. The van der Waals surface area contributed by atoms with Crippen molar-refractivity contribution in [2.45, 2.75) is 45.3 Å². The van der Waals surface area contributed by atoms with Gasteiger partial charge in [0.05, 0.1) is 11.8 Å². The van der Waals surface area contributed by atoms with E-state index in [2.05, 4.69) is 24.3 Å². The van der Waals surface area contributed by atoms with E-state index < -0.39 is 0 Å². The molecule has 2 aliphatic heterocycles. The summed E-state index contributed by atoms with van der Waals surface area (Å²) >= 11 is 0. The third kappa shape index (κ3) is 3.15. The highest BCUT2D eigenvalue weighted by Crippen LogP contribution is 2.37. The standard InChI is InChI=1S/C16H27N3O2/c1-11-15(12(2)19(3)18-11)16-13(4-9-21-16)10-17-14-5-7-20-8-6-14/h13-14,16-17H,4-10H2,1-3H3/t13-,16+/m1/s1. The predicted molar refractivity (Wildman–Crippen MR) is 81.3 cm³/mol. The van der Waals surface area contributed by atoms with E-state index in [1.54, 1.807) is 0 Å². The molecular formula is C16H27N3O2. The first-order valence-corrected chi connectivity index (χ1v) is 8.09. The molecule has 0 amide bonds. The molecule has 5 heteroatoms. The number of aryl methyl sites for hydroxylation is 2. The van der Waals surface area contributed by atoms with Crippen LogP contribution in [0.5, 0.6) is 0 Å². The van der Waals surface area contributed by atoms with Crippen LogP contribution in [0.2, 0.25) is 0 Å². The van der Waals surface area contributed by atoms with Crippen LogP contribution >= 0.6 is 0 Å². The predicted octanol–water partition coefficient (Wildman–Crippen LogP) is 1.88. The van der Waals surface area contributed by atoms with Crippen molar-refractivity contribution in [3.8, 4) is 0 Å². The van der Waals surface area contributed by atoms with Crippen LogP contribution in [0.3, 0.4) is 0 Å². The maximum atomic E-state index is 6.05. The molecule has 0 spiro atoms. The second kappa shape index (κ2) is 6.46. The van der Waals surface area contributed by atoms with Crippen molar-refractivity contribution in [2.75, 3.05) is 26.4 Å². The van der Waals surface area contributed by atoms with Crippen LogP contribution in [0.1, 0.15) is 42.3 Å². The van der Waals surface area contributed by atoms with Crippen molar-refractivity contribution >= 4 is 0 Å². The zero-order valence-corrected chi connectivity index (χ0v) is 13.4. The van der Waals surface area contributed by atoms with Crippen molar-refractivity contribution in [3.05, 3.63) is 17.0 Å². The maximum absolute atomic E-state index is 6.05. The fraction of sp³-hybridized carbons (Fsp3) is 0.812. The molecule has 0 radical (unpaired) electrons. The summed E-state index contributed by atoms with van der Waals surface area (Å²) < 4.78 is 13.4. The van der Waals surface area contributed by atoms with Gasteiger partial charge in [0.2, 0.25) is 0 Å². The number of rotatable bonds is 4. The Hall–Kier alpha value is -0.910. The van der Waals surface area contributed by atoms with Crippen LogP contribution in [0.4, 0.5) is 0 Å². The minimum Gasteiger partial charge on any atom is -0.381 e. The molecule has 5 nitrogen and oxygen atoms in total. The third-order valence-electron chi connectivity index (χ3n) is 4.95. The van der Waals surface area contributed by atoms with Gasteiger partial charge in [-0.2, -0.15) is 5.10 Å². The fourth-order valence-corrected chi connectivity index (χ4v) is 3.58. The van der Waals surface area contributed by atoms with E-state index >= 15 is 0 Å². The van der Waals surface area contributed by atoms with Crippen LogP contribution in [0.25, 0.3) is 0 Å². The van der Waals surface area contributed by atoms with E-state index in [4.69, 9.17) is 9.47 Å². The zero-order valence-electron chi connectivity index (χ0n) is 13.4. The van der Waals surface area contributed by atoms with Gasteiger partial charge in [-0.3, -0.25) is 4.68 Å². The van der Waals surface area contributed by atoms with E-state index in [9.17, 15) is 0 Å². The van der Waals surface area contributed by atoms with Crippen molar-refractivity contribution in [2.24, 2.45) is 13.0 Å². The summed E-state index contributed by atoms with van der Waals surface area (Å²) in [5.74, 6) is 0.550. The van der Waals surface area contributed by atoms with E-state index in [1.807, 2.05) is 11.7 Å². The van der Waals surface area contributed by atoms with Crippen LogP contribution in [-0.2, 0) is 16.5 Å². The fourth-order valence-electron chi connectivity index (χ4n) is 3.58. The zero-order chi connectivity index (χ0) is 14.8. The molecule has 118 valence electrons. The second-order valence-corrected chi connectivity index (χ2v) is 6.34. The van der Waals surface area contributed by atoms with Crippen molar-refractivity contribution < 1.29 is 9.47 Å². The Morgan fingerprint density at radius 1 is 1.19 bits per heavy atom. The van der Waals surface area contributed by atoms with Gasteiger partial charge in [0, 0.05) is 56.6 Å². The van der Waals surface area contributed by atoms with Gasteiger partial charge in [0.1, 0.15) is 0 Å². The topological polar surface area (TPSA) is 48.3 Å². The summed E-state index contributed by atoms with van der Waals surface area (Å²) in [6.07, 6.45) is 3.59. The Kier molecular flexibility index (Phi) is 4.62. The van der Waals surface area contributed by atoms with Crippen LogP contribution in [-0.4, -0.2) is 42.2 Å². The van der Waals surface area contributed by atoms with Gasteiger partial charge in [-0.15, -0.1) is 0 Å². The first-order chi connectivity index (χ1) is 10.2. The Labute approximate surface area is 127 Å². The molecule has 2 atom stereocenters. The van der Waals surface area contributed by atoms with Gasteiger partial charge in [-0.1, -0.05) is 0 Å². The smallest absolute Gasteiger partial charge is 0.0901 e. The Morgan fingerprint density at radius 3 is 2.62 bits per heavy atom. The van der Waals surface area contributed by atoms with Crippen molar-refractivity contribution in [3.63, 3.8) is 0 Å². The Balaban J connectivity index is 1.64. The number of nitrogens with zero attached hydrogens (tertiary/aromatic N) is 2. The number of hydrogen-bond acceptors (Lipinski definition) is 4. The molecule has 0 bridgehead atoms. The quantitative estimate of drug-likeness (QED) is 0.921. The van der Waals surface area contributed by atoms with Crippen LogP contribution in [0.15, 0.2) is 0 Å². The molecule has 0 unspecified atom stereocenters. The molecule has 2 fully saturated rings. The average molecular weight is 293 g/mol. The van der Waals surface area contributed by atoms with Gasteiger partial charge in [-0.05, 0) is 33.1 Å². The number of aromatic nitrogens is 2. The summed E-state index contributed by atoms with van der Waals surface area (Å²) in [7, 11) is 2.01. The number of hydrogen-bond donors (Lipinski definition) is 1. The molecule has 0 saturated carbocycles. The van der Waals surface area contributed by atoms with E-state index in [0.717, 1.165) is 51.3 Å². The lowest BCUT2D eigenvalue weighted by Gasteiger charge is -2.26. The van der Waals surface area contributed by atoms with Gasteiger partial charge in [0.25, 0.3) is 0 Å². The van der Waals surface area contributed by atoms with Crippen LogP contribution < -0.4 is 5.32 Å². The molecule has 1 aromatic heterocycles. The molecule has 2 aliphatic rings. The molecule has 1 aromatic rings. The highest BCUT2D eigenvalue weighted by Gasteiger charge is 2.33. The van der Waals surface area contributed by atoms with Crippen LogP contribution in [0, 0.1) is 19.8 Å². The highest BCUT2D eigenvalue weighted by atomic mass is 16.5. The van der Waals surface area contributed by atoms with E-state index in [0.29, 0.717) is 12.0 Å². The molecule has 0 aromatic carbocycles. The highest BCUT2D eigenvalue weighted by molar-refractivity contribution is 5.28. The second-order valence-electron chi connectivity index (χ2n) is 6.34. The average Bonchev–Trinajstić information content (AvgIpc) is 3.03. The third-order valence-corrected chi connectivity index (χ3v) is 4.95. The lowest BCUT2D eigenvalue weighted by molar-refractivity contribution is 0.0699. The van der Waals surface area contributed by atoms with Crippen molar-refractivity contribution in [1.82, 2.24) is 15.1 Å². The van der Waals surface area contributed by atoms with Gasteiger partial charge >= 0.3 is 0 Å². The summed E-state index contributed by atoms with van der Waals surface area (Å²) in [6, 6.07) is 0.607. The summed E-state index contributed by atoms with van der Waals surface area (Å²) in [6.45, 7) is 7.90. The molecule has 2 saturated heterocycles. The SMILES string of the molecule is Cc1nn(C)c(C)c1[C@H]1OCC[C@@H]1CNC1CCOCC1. The van der Waals surface area contributed by atoms with Gasteiger partial charge < -0.3 is 14.8 Å². The maximum Gasteiger partial charge on any atom is 0.0901 e.